The summed E-state index contributed by atoms with van der Waals surface area (Å²) in [5.41, 5.74) is 9.43. The summed E-state index contributed by atoms with van der Waals surface area (Å²) in [5.74, 6) is 0. The summed E-state index contributed by atoms with van der Waals surface area (Å²) in [6, 6.07) is 3.92. The predicted molar refractivity (Wildman–Crippen MR) is 83.3 cm³/mol. The number of nitrogens with two attached hydrogens (primary N) is 1. The largest absolute Gasteiger partial charge is 0.495 e. The Hall–Kier alpha value is -0.705. The van der Waals surface area contributed by atoms with E-state index in [0.717, 1.165) is 22.3 Å². The van der Waals surface area contributed by atoms with Crippen LogP contribution >= 0.6 is 12.4 Å². The zero-order valence-electron chi connectivity index (χ0n) is 12.5. The Kier molecular flexibility index (Phi) is 4.31. The molecular weight excluding hydrogens is 260 g/mol. The first-order valence-electron chi connectivity index (χ1n) is 6.37. The highest BCUT2D eigenvalue weighted by molar-refractivity contribution is 6.62. The van der Waals surface area contributed by atoms with Crippen molar-refractivity contribution in [3.63, 3.8) is 0 Å². The average molecular weight is 284 g/mol. The minimum Gasteiger partial charge on any atom is -0.399 e. The molecule has 106 valence electrons. The summed E-state index contributed by atoms with van der Waals surface area (Å²) in [6.45, 7) is 12.3. The minimum absolute atomic E-state index is 0. The van der Waals surface area contributed by atoms with Crippen molar-refractivity contribution in [2.75, 3.05) is 5.73 Å². The molecule has 0 amide bonds. The van der Waals surface area contributed by atoms with Crippen molar-refractivity contribution in [1.82, 2.24) is 0 Å². The van der Waals surface area contributed by atoms with E-state index in [4.69, 9.17) is 15.0 Å². The Morgan fingerprint density at radius 3 is 1.89 bits per heavy atom. The number of hydrogen-bond donors (Lipinski definition) is 1. The van der Waals surface area contributed by atoms with Crippen LogP contribution in [-0.4, -0.2) is 18.3 Å². The fraction of sp³-hybridized carbons (Fsp3) is 0.571. The standard InChI is InChI=1S/C14H22BNO2.ClH/c1-9-10(2)12(16)8-7-11(9)15-17-13(3,4)14(5,6)18-15;/h7-8H,16H2,1-6H3;1H. The third-order valence-corrected chi connectivity index (χ3v) is 4.38. The molecule has 1 aliphatic rings. The first-order valence-corrected chi connectivity index (χ1v) is 6.37. The van der Waals surface area contributed by atoms with E-state index < -0.39 is 0 Å². The van der Waals surface area contributed by atoms with Gasteiger partial charge < -0.3 is 15.0 Å². The summed E-state index contributed by atoms with van der Waals surface area (Å²) in [7, 11) is -0.311. The number of halogens is 1. The zero-order chi connectivity index (χ0) is 13.7. The Balaban J connectivity index is 0.00000180. The Morgan fingerprint density at radius 2 is 1.42 bits per heavy atom. The molecular formula is C14H23BClNO2. The second-order valence-electron chi connectivity index (χ2n) is 6.08. The number of benzene rings is 1. The molecule has 3 nitrogen and oxygen atoms in total. The lowest BCUT2D eigenvalue weighted by Crippen LogP contribution is -2.41. The zero-order valence-corrected chi connectivity index (χ0v) is 13.4. The quantitative estimate of drug-likeness (QED) is 0.636. The van der Waals surface area contributed by atoms with Crippen molar-refractivity contribution >= 4 is 30.7 Å². The summed E-state index contributed by atoms with van der Waals surface area (Å²) in [6.07, 6.45) is 0. The van der Waals surface area contributed by atoms with Crippen LogP contribution in [0.3, 0.4) is 0 Å². The lowest BCUT2D eigenvalue weighted by Gasteiger charge is -2.32. The van der Waals surface area contributed by atoms with Gasteiger partial charge in [0, 0.05) is 5.69 Å². The van der Waals surface area contributed by atoms with Crippen molar-refractivity contribution in [2.45, 2.75) is 52.7 Å². The summed E-state index contributed by atoms with van der Waals surface area (Å²) < 4.78 is 12.1. The number of hydrogen-bond acceptors (Lipinski definition) is 3. The first-order chi connectivity index (χ1) is 8.16. The van der Waals surface area contributed by atoms with Crippen LogP contribution in [0.15, 0.2) is 12.1 Å². The van der Waals surface area contributed by atoms with Gasteiger partial charge in [-0.1, -0.05) is 6.07 Å². The van der Waals surface area contributed by atoms with Crippen molar-refractivity contribution in [3.05, 3.63) is 23.3 Å². The van der Waals surface area contributed by atoms with Gasteiger partial charge in [0.25, 0.3) is 0 Å². The van der Waals surface area contributed by atoms with Crippen LogP contribution in [0.4, 0.5) is 5.69 Å². The monoisotopic (exact) mass is 283 g/mol. The van der Waals surface area contributed by atoms with Crippen molar-refractivity contribution in [3.8, 4) is 0 Å². The van der Waals surface area contributed by atoms with Crippen LogP contribution in [0.2, 0.25) is 0 Å². The molecule has 1 aliphatic heterocycles. The number of nitrogen functional groups attached to an aromatic ring is 1. The van der Waals surface area contributed by atoms with Gasteiger partial charge in [0.05, 0.1) is 11.2 Å². The topological polar surface area (TPSA) is 44.5 Å². The Morgan fingerprint density at radius 1 is 0.947 bits per heavy atom. The highest BCUT2D eigenvalue weighted by atomic mass is 35.5. The molecule has 2 rings (SSSR count). The van der Waals surface area contributed by atoms with E-state index in [1.165, 1.54) is 0 Å². The molecule has 1 heterocycles. The molecule has 2 N–H and O–H groups in total. The molecule has 0 aliphatic carbocycles. The van der Waals surface area contributed by atoms with E-state index >= 15 is 0 Å². The van der Waals surface area contributed by atoms with Crippen LogP contribution in [0.1, 0.15) is 38.8 Å². The molecule has 0 atom stereocenters. The van der Waals surface area contributed by atoms with Crippen LogP contribution in [0, 0.1) is 13.8 Å². The molecule has 5 heteroatoms. The minimum atomic E-state index is -0.311. The summed E-state index contributed by atoms with van der Waals surface area (Å²) >= 11 is 0. The van der Waals surface area contributed by atoms with Gasteiger partial charge in [-0.25, -0.2) is 0 Å². The lowest BCUT2D eigenvalue weighted by molar-refractivity contribution is 0.00578. The van der Waals surface area contributed by atoms with Gasteiger partial charge in [-0.05, 0) is 64.2 Å². The van der Waals surface area contributed by atoms with Crippen molar-refractivity contribution in [2.24, 2.45) is 0 Å². The van der Waals surface area contributed by atoms with Gasteiger partial charge in [-0.15, -0.1) is 12.4 Å². The Labute approximate surface area is 122 Å². The molecule has 0 spiro atoms. The van der Waals surface area contributed by atoms with Gasteiger partial charge in [-0.3, -0.25) is 0 Å². The third kappa shape index (κ3) is 2.62. The van der Waals surface area contributed by atoms with Gasteiger partial charge in [-0.2, -0.15) is 0 Å². The Bertz CT molecular complexity index is 473. The van der Waals surface area contributed by atoms with E-state index in [-0.39, 0.29) is 30.7 Å². The van der Waals surface area contributed by atoms with Crippen molar-refractivity contribution < 1.29 is 9.31 Å². The average Bonchev–Trinajstić information content (AvgIpc) is 2.45. The molecule has 1 fully saturated rings. The molecule has 0 radical (unpaired) electrons. The fourth-order valence-electron chi connectivity index (χ4n) is 2.09. The highest BCUT2D eigenvalue weighted by Crippen LogP contribution is 2.36. The molecule has 0 bridgehead atoms. The maximum atomic E-state index is 6.06. The van der Waals surface area contributed by atoms with Gasteiger partial charge >= 0.3 is 7.12 Å². The van der Waals surface area contributed by atoms with Crippen LogP contribution in [0.5, 0.6) is 0 Å². The lowest BCUT2D eigenvalue weighted by atomic mass is 9.75. The van der Waals surface area contributed by atoms with Gasteiger partial charge in [0.2, 0.25) is 0 Å². The molecule has 1 aromatic rings. The number of anilines is 1. The second-order valence-corrected chi connectivity index (χ2v) is 6.08. The molecule has 0 saturated carbocycles. The van der Waals surface area contributed by atoms with E-state index in [1.807, 2.05) is 19.1 Å². The van der Waals surface area contributed by atoms with Gasteiger partial charge in [0.1, 0.15) is 0 Å². The fourth-order valence-corrected chi connectivity index (χ4v) is 2.09. The van der Waals surface area contributed by atoms with Crippen LogP contribution in [-0.2, 0) is 9.31 Å². The second kappa shape index (κ2) is 5.00. The van der Waals surface area contributed by atoms with Gasteiger partial charge in [0.15, 0.2) is 0 Å². The molecule has 19 heavy (non-hydrogen) atoms. The van der Waals surface area contributed by atoms with Crippen LogP contribution < -0.4 is 11.2 Å². The normalized spacial score (nSPS) is 20.2. The number of rotatable bonds is 1. The maximum Gasteiger partial charge on any atom is 0.495 e. The molecule has 0 unspecified atom stereocenters. The highest BCUT2D eigenvalue weighted by Gasteiger charge is 2.52. The van der Waals surface area contributed by atoms with Crippen LogP contribution in [0.25, 0.3) is 0 Å². The smallest absolute Gasteiger partial charge is 0.399 e. The summed E-state index contributed by atoms with van der Waals surface area (Å²) in [5, 5.41) is 0. The predicted octanol–water partition coefficient (Wildman–Crippen LogP) is 2.61. The third-order valence-electron chi connectivity index (χ3n) is 4.38. The van der Waals surface area contributed by atoms with E-state index in [1.54, 1.807) is 0 Å². The van der Waals surface area contributed by atoms with E-state index in [0.29, 0.717) is 0 Å². The van der Waals surface area contributed by atoms with E-state index in [2.05, 4.69) is 34.6 Å². The maximum absolute atomic E-state index is 6.06. The summed E-state index contributed by atoms with van der Waals surface area (Å²) in [4.78, 5) is 0. The molecule has 0 aromatic heterocycles. The van der Waals surface area contributed by atoms with E-state index in [9.17, 15) is 0 Å². The molecule has 1 saturated heterocycles. The van der Waals surface area contributed by atoms with Crippen molar-refractivity contribution in [1.29, 1.82) is 0 Å². The first kappa shape index (κ1) is 16.3. The SMILES string of the molecule is Cc1c(N)ccc(B2OC(C)(C)C(C)(C)O2)c1C.Cl. The molecule has 1 aromatic carbocycles.